The molecule has 2 aliphatic rings. The van der Waals surface area contributed by atoms with Crippen LogP contribution in [0.15, 0.2) is 0 Å². The molecule has 1 N–H and O–H groups in total. The number of rotatable bonds is 3. The SMILES string of the molecule is CNC1CC(C)CN(CC2CCCC2)C1. The first-order valence-electron chi connectivity index (χ1n) is 6.67. The molecule has 2 atom stereocenters. The summed E-state index contributed by atoms with van der Waals surface area (Å²) in [7, 11) is 2.11. The molecule has 0 aromatic rings. The van der Waals surface area contributed by atoms with Crippen molar-refractivity contribution in [2.45, 2.75) is 45.1 Å². The number of hydrogen-bond acceptors (Lipinski definition) is 2. The summed E-state index contributed by atoms with van der Waals surface area (Å²) >= 11 is 0. The Morgan fingerprint density at radius 3 is 2.60 bits per heavy atom. The Bertz CT molecular complexity index is 187. The second kappa shape index (κ2) is 5.31. The van der Waals surface area contributed by atoms with Crippen LogP contribution < -0.4 is 5.32 Å². The maximum Gasteiger partial charge on any atom is 0.0195 e. The lowest BCUT2D eigenvalue weighted by molar-refractivity contribution is 0.133. The van der Waals surface area contributed by atoms with E-state index in [0.29, 0.717) is 0 Å². The third-order valence-corrected chi connectivity index (χ3v) is 4.13. The van der Waals surface area contributed by atoms with Crippen LogP contribution in [0.25, 0.3) is 0 Å². The Morgan fingerprint density at radius 2 is 1.93 bits per heavy atom. The minimum Gasteiger partial charge on any atom is -0.316 e. The Labute approximate surface area is 94.4 Å². The molecule has 1 saturated carbocycles. The van der Waals surface area contributed by atoms with Crippen LogP contribution in [0, 0.1) is 11.8 Å². The zero-order valence-corrected chi connectivity index (χ0v) is 10.3. The molecule has 2 nitrogen and oxygen atoms in total. The van der Waals surface area contributed by atoms with Crippen molar-refractivity contribution in [1.29, 1.82) is 0 Å². The maximum atomic E-state index is 3.45. The van der Waals surface area contributed by atoms with Gasteiger partial charge in [-0.2, -0.15) is 0 Å². The molecule has 88 valence electrons. The summed E-state index contributed by atoms with van der Waals surface area (Å²) < 4.78 is 0. The van der Waals surface area contributed by atoms with E-state index in [2.05, 4.69) is 24.2 Å². The number of likely N-dealkylation sites (N-methyl/N-ethyl adjacent to an activating group) is 1. The van der Waals surface area contributed by atoms with Crippen molar-refractivity contribution in [2.24, 2.45) is 11.8 Å². The van der Waals surface area contributed by atoms with Crippen molar-refractivity contribution in [3.05, 3.63) is 0 Å². The fourth-order valence-electron chi connectivity index (χ4n) is 3.38. The molecule has 2 rings (SSSR count). The topological polar surface area (TPSA) is 15.3 Å². The van der Waals surface area contributed by atoms with Crippen LogP contribution in [0.2, 0.25) is 0 Å². The lowest BCUT2D eigenvalue weighted by Gasteiger charge is -2.37. The van der Waals surface area contributed by atoms with E-state index in [1.807, 2.05) is 0 Å². The molecule has 2 heteroatoms. The molecule has 0 bridgehead atoms. The molecule has 0 amide bonds. The Morgan fingerprint density at radius 1 is 1.20 bits per heavy atom. The molecule has 0 spiro atoms. The van der Waals surface area contributed by atoms with Crippen molar-refractivity contribution >= 4 is 0 Å². The summed E-state index contributed by atoms with van der Waals surface area (Å²) in [5.41, 5.74) is 0. The minimum absolute atomic E-state index is 0.732. The zero-order chi connectivity index (χ0) is 10.7. The second-order valence-electron chi connectivity index (χ2n) is 5.70. The molecule has 1 saturated heterocycles. The van der Waals surface area contributed by atoms with Gasteiger partial charge in [0.15, 0.2) is 0 Å². The fourth-order valence-corrected chi connectivity index (χ4v) is 3.38. The summed E-state index contributed by atoms with van der Waals surface area (Å²) in [5.74, 6) is 1.88. The molecular formula is C13H26N2. The van der Waals surface area contributed by atoms with Crippen LogP contribution in [-0.2, 0) is 0 Å². The van der Waals surface area contributed by atoms with E-state index >= 15 is 0 Å². The normalized spacial score (nSPS) is 34.8. The Balaban J connectivity index is 1.80. The summed E-state index contributed by atoms with van der Waals surface area (Å²) in [5, 5.41) is 3.45. The molecule has 0 radical (unpaired) electrons. The van der Waals surface area contributed by atoms with Gasteiger partial charge in [0, 0.05) is 25.7 Å². The highest BCUT2D eigenvalue weighted by molar-refractivity contribution is 4.82. The van der Waals surface area contributed by atoms with Gasteiger partial charge in [-0.3, -0.25) is 0 Å². The number of nitrogens with one attached hydrogen (secondary N) is 1. The van der Waals surface area contributed by atoms with E-state index in [9.17, 15) is 0 Å². The van der Waals surface area contributed by atoms with Gasteiger partial charge in [0.25, 0.3) is 0 Å². The van der Waals surface area contributed by atoms with Crippen LogP contribution in [0.5, 0.6) is 0 Å². The van der Waals surface area contributed by atoms with Gasteiger partial charge in [-0.1, -0.05) is 19.8 Å². The van der Waals surface area contributed by atoms with Crippen molar-refractivity contribution < 1.29 is 0 Å². The summed E-state index contributed by atoms with van der Waals surface area (Å²) in [6, 6.07) is 0.732. The quantitative estimate of drug-likeness (QED) is 0.767. The monoisotopic (exact) mass is 210 g/mol. The molecule has 2 fully saturated rings. The summed E-state index contributed by atoms with van der Waals surface area (Å²) in [4.78, 5) is 2.70. The standard InChI is InChI=1S/C13H26N2/c1-11-7-13(14-2)10-15(8-11)9-12-5-3-4-6-12/h11-14H,3-10H2,1-2H3. The molecular weight excluding hydrogens is 184 g/mol. The number of piperidine rings is 1. The van der Waals surface area contributed by atoms with E-state index in [0.717, 1.165) is 17.9 Å². The Hall–Kier alpha value is -0.0800. The lowest BCUT2D eigenvalue weighted by Crippen LogP contribution is -2.48. The smallest absolute Gasteiger partial charge is 0.0195 e. The molecule has 15 heavy (non-hydrogen) atoms. The predicted molar refractivity (Wildman–Crippen MR) is 65.0 cm³/mol. The van der Waals surface area contributed by atoms with Crippen molar-refractivity contribution in [1.82, 2.24) is 10.2 Å². The second-order valence-corrected chi connectivity index (χ2v) is 5.70. The molecule has 1 aliphatic heterocycles. The summed E-state index contributed by atoms with van der Waals surface area (Å²) in [6.07, 6.45) is 7.27. The lowest BCUT2D eigenvalue weighted by atomic mass is 9.95. The highest BCUT2D eigenvalue weighted by Crippen LogP contribution is 2.27. The van der Waals surface area contributed by atoms with Crippen LogP contribution in [0.1, 0.15) is 39.0 Å². The van der Waals surface area contributed by atoms with E-state index in [4.69, 9.17) is 0 Å². The van der Waals surface area contributed by atoms with Crippen LogP contribution in [-0.4, -0.2) is 37.6 Å². The number of nitrogens with zero attached hydrogens (tertiary/aromatic N) is 1. The molecule has 1 aliphatic carbocycles. The van der Waals surface area contributed by atoms with Gasteiger partial charge in [0.1, 0.15) is 0 Å². The van der Waals surface area contributed by atoms with Crippen LogP contribution >= 0.6 is 0 Å². The van der Waals surface area contributed by atoms with Gasteiger partial charge in [0.2, 0.25) is 0 Å². The largest absolute Gasteiger partial charge is 0.316 e. The van der Waals surface area contributed by atoms with Gasteiger partial charge >= 0.3 is 0 Å². The fraction of sp³-hybridized carbons (Fsp3) is 1.00. The minimum atomic E-state index is 0.732. The van der Waals surface area contributed by atoms with Crippen LogP contribution in [0.4, 0.5) is 0 Å². The first kappa shape index (κ1) is 11.4. The highest BCUT2D eigenvalue weighted by atomic mass is 15.2. The molecule has 0 aromatic heterocycles. The van der Waals surface area contributed by atoms with Crippen molar-refractivity contribution in [2.75, 3.05) is 26.7 Å². The van der Waals surface area contributed by atoms with Gasteiger partial charge < -0.3 is 10.2 Å². The predicted octanol–water partition coefficient (Wildman–Crippen LogP) is 2.11. The first-order chi connectivity index (χ1) is 7.28. The summed E-state index contributed by atoms with van der Waals surface area (Å²) in [6.45, 7) is 6.36. The van der Waals surface area contributed by atoms with E-state index in [1.54, 1.807) is 0 Å². The first-order valence-corrected chi connectivity index (χ1v) is 6.67. The van der Waals surface area contributed by atoms with E-state index < -0.39 is 0 Å². The van der Waals surface area contributed by atoms with Gasteiger partial charge in [-0.05, 0) is 38.1 Å². The average molecular weight is 210 g/mol. The highest BCUT2D eigenvalue weighted by Gasteiger charge is 2.26. The third-order valence-electron chi connectivity index (χ3n) is 4.13. The van der Waals surface area contributed by atoms with Gasteiger partial charge in [0.05, 0.1) is 0 Å². The van der Waals surface area contributed by atoms with E-state index in [1.165, 1.54) is 51.7 Å². The Kier molecular flexibility index (Phi) is 4.04. The maximum absolute atomic E-state index is 3.45. The number of likely N-dealkylation sites (tertiary alicyclic amines) is 1. The van der Waals surface area contributed by atoms with E-state index in [-0.39, 0.29) is 0 Å². The number of hydrogen-bond donors (Lipinski definition) is 1. The molecule has 2 unspecified atom stereocenters. The van der Waals surface area contributed by atoms with Crippen LogP contribution in [0.3, 0.4) is 0 Å². The van der Waals surface area contributed by atoms with Crippen molar-refractivity contribution in [3.8, 4) is 0 Å². The van der Waals surface area contributed by atoms with Crippen molar-refractivity contribution in [3.63, 3.8) is 0 Å². The molecule has 1 heterocycles. The van der Waals surface area contributed by atoms with Gasteiger partial charge in [-0.15, -0.1) is 0 Å². The van der Waals surface area contributed by atoms with Gasteiger partial charge in [-0.25, -0.2) is 0 Å². The zero-order valence-electron chi connectivity index (χ0n) is 10.3. The average Bonchev–Trinajstić information content (AvgIpc) is 2.69. The molecule has 0 aromatic carbocycles. The third kappa shape index (κ3) is 3.18.